The average Bonchev–Trinajstić information content (AvgIpc) is 0.737. The van der Waals surface area contributed by atoms with E-state index in [-0.39, 0.29) is 116 Å². The predicted octanol–water partition coefficient (Wildman–Crippen LogP) is 14.1. The number of carbonyl (C=O) groups is 4. The molecule has 31 nitrogen and oxygen atoms in total. The van der Waals surface area contributed by atoms with Gasteiger partial charge in [0.25, 0.3) is 22.2 Å². The van der Waals surface area contributed by atoms with Crippen molar-refractivity contribution in [3.8, 4) is 0 Å². The Morgan fingerprint density at radius 3 is 1.23 bits per heavy atom. The van der Waals surface area contributed by atoms with Crippen LogP contribution >= 0.6 is 69.6 Å². The molecule has 0 radical (unpaired) electrons. The van der Waals surface area contributed by atoms with Crippen LogP contribution in [-0.4, -0.2) is 135 Å². The van der Waals surface area contributed by atoms with E-state index >= 15 is 0 Å². The number of sulfone groups is 1. The van der Waals surface area contributed by atoms with Crippen molar-refractivity contribution in [2.75, 3.05) is 40.6 Å². The summed E-state index contributed by atoms with van der Waals surface area (Å²) in [5.74, 6) is 3.57. The van der Waals surface area contributed by atoms with Gasteiger partial charge in [0.1, 0.15) is 56.3 Å². The lowest BCUT2D eigenvalue weighted by Crippen LogP contribution is -2.58. The molecule has 0 aromatic carbocycles. The number of fused-ring (bicyclic) bond motifs is 8. The van der Waals surface area contributed by atoms with Crippen LogP contribution in [-0.2, 0) is 61.7 Å². The van der Waals surface area contributed by atoms with E-state index in [2.05, 4.69) is 171 Å². The molecule has 716 valence electrons. The summed E-state index contributed by atoms with van der Waals surface area (Å²) in [6, 6.07) is 5.03. The highest BCUT2D eigenvalue weighted by atomic mass is 35.5. The first kappa shape index (κ1) is 101. The third-order valence-electron chi connectivity index (χ3n) is 31.2. The molecule has 9 N–H and O–H groups in total. The van der Waals surface area contributed by atoms with Gasteiger partial charge in [-0.05, 0) is 199 Å². The first-order valence-corrected chi connectivity index (χ1v) is 49.6. The minimum atomic E-state index is -3.37. The Balaban J connectivity index is 0.000000150. The highest BCUT2D eigenvalue weighted by Crippen LogP contribution is 2.65. The molecule has 13 aliphatic rings. The van der Waals surface area contributed by atoms with Crippen molar-refractivity contribution in [3.05, 3.63) is 179 Å². The molecule has 12 fully saturated rings. The fourth-order valence-corrected chi connectivity index (χ4v) is 24.7. The van der Waals surface area contributed by atoms with Gasteiger partial charge in [-0.25, -0.2) is 37.1 Å². The van der Waals surface area contributed by atoms with E-state index in [1.54, 1.807) is 25.5 Å². The number of nitrogens with one attached hydrogen (secondary N) is 9. The molecule has 0 saturated heterocycles. The van der Waals surface area contributed by atoms with E-state index in [1.807, 2.05) is 13.0 Å². The molecule has 12 saturated carbocycles. The zero-order valence-electron chi connectivity index (χ0n) is 77.0. The van der Waals surface area contributed by atoms with Crippen LogP contribution in [0.1, 0.15) is 196 Å². The summed E-state index contributed by atoms with van der Waals surface area (Å²) in [5, 5.41) is 51.8. The molecule has 0 spiro atoms. The molecule has 19 atom stereocenters. The van der Waals surface area contributed by atoms with Crippen LogP contribution in [0, 0.1) is 110 Å². The molecule has 20 rings (SSSR count). The van der Waals surface area contributed by atoms with E-state index in [0.717, 1.165) is 69.1 Å². The van der Waals surface area contributed by atoms with Crippen LogP contribution in [0.25, 0.3) is 0 Å². The topological polar surface area (TPSA) is 402 Å². The molecule has 40 heteroatoms. The number of amides is 4. The lowest BCUT2D eigenvalue weighted by molar-refractivity contribution is -0.123. The lowest BCUT2D eigenvalue weighted by atomic mass is 9.45. The van der Waals surface area contributed by atoms with Gasteiger partial charge in [-0.1, -0.05) is 166 Å². The van der Waals surface area contributed by atoms with Crippen molar-refractivity contribution < 1.29 is 36.4 Å². The minimum absolute atomic E-state index is 0.00250. The molecule has 3 unspecified atom stereocenters. The fourth-order valence-electron chi connectivity index (χ4n) is 22.3. The summed E-state index contributed by atoms with van der Waals surface area (Å²) >= 11 is 37.3. The second-order valence-electron chi connectivity index (χ2n) is 40.0. The largest absolute Gasteiger partial charge is 0.390 e. The third kappa shape index (κ3) is 21.5. The van der Waals surface area contributed by atoms with Gasteiger partial charge in [-0.2, -0.15) is 39.4 Å². The Morgan fingerprint density at radius 2 is 0.864 bits per heavy atom. The molecule has 1 aliphatic heterocycles. The van der Waals surface area contributed by atoms with Gasteiger partial charge in [-0.3, -0.25) is 38.4 Å². The minimum Gasteiger partial charge on any atom is -0.390 e. The number of pyridine rings is 2. The quantitative estimate of drug-likeness (QED) is 0.0216. The zero-order chi connectivity index (χ0) is 95.9. The van der Waals surface area contributed by atoms with Gasteiger partial charge in [-0.15, -0.1) is 0 Å². The van der Waals surface area contributed by atoms with Gasteiger partial charge >= 0.3 is 0 Å². The van der Waals surface area contributed by atoms with Gasteiger partial charge in [0.15, 0.2) is 9.84 Å². The number of aromatic nitrogens is 12. The Hall–Kier alpha value is -8.93. The summed E-state index contributed by atoms with van der Waals surface area (Å²) in [6.45, 7) is 31.1. The normalized spacial score (nSPS) is 27.1. The van der Waals surface area contributed by atoms with Gasteiger partial charge < -0.3 is 47.9 Å². The highest BCUT2D eigenvalue weighted by Gasteiger charge is 2.60. The van der Waals surface area contributed by atoms with Crippen LogP contribution in [0.5, 0.6) is 0 Å². The number of hydrogen-bond donors (Lipinski definition) is 9. The first-order chi connectivity index (χ1) is 62.2. The van der Waals surface area contributed by atoms with Gasteiger partial charge in [0.2, 0.25) is 35.5 Å². The van der Waals surface area contributed by atoms with Crippen molar-refractivity contribution >= 4 is 126 Å². The van der Waals surface area contributed by atoms with Crippen molar-refractivity contribution in [2.24, 2.45) is 98.6 Å². The lowest BCUT2D eigenvalue weighted by Gasteiger charge is -2.62. The second-order valence-corrected chi connectivity index (χ2v) is 44.2. The molecule has 132 heavy (non-hydrogen) atoms. The van der Waals surface area contributed by atoms with E-state index < -0.39 is 67.7 Å². The Bertz CT molecular complexity index is 5870. The molecule has 8 bridgehead atoms. The maximum Gasteiger partial charge on any atom is 0.288 e. The Kier molecular flexibility index (Phi) is 31.2. The maximum atomic E-state index is 13.6. The maximum absolute atomic E-state index is 13.6. The summed E-state index contributed by atoms with van der Waals surface area (Å²) in [6.07, 6.45) is 25.9. The van der Waals surface area contributed by atoms with Crippen molar-refractivity contribution in [3.63, 3.8) is 0 Å². The van der Waals surface area contributed by atoms with E-state index in [4.69, 9.17) is 69.6 Å². The number of halogens is 8. The number of carbonyl (C=O) groups excluding carboxylic acids is 4. The average molecular weight is 1960 g/mol. The predicted molar refractivity (Wildman–Crippen MR) is 507 cm³/mol. The second kappa shape index (κ2) is 40.9. The Morgan fingerprint density at radius 1 is 0.492 bits per heavy atom. The number of rotatable bonds is 27. The smallest absolute Gasteiger partial charge is 0.288 e. The number of nitrogens with zero attached hydrogens (tertiary/aromatic N) is 12. The van der Waals surface area contributed by atoms with Crippen molar-refractivity contribution in [1.82, 2.24) is 85.9 Å². The molecule has 8 heterocycles. The fraction of sp³-hybridized carbons (Fsp3) is 0.609. The Labute approximate surface area is 797 Å². The number of anilines is 4. The summed E-state index contributed by atoms with van der Waals surface area (Å²) in [5.41, 5.74) is 3.04. The molecule has 7 aromatic heterocycles. The zero-order valence-corrected chi connectivity index (χ0v) is 82.4. The SMILES string of the molecule is CC(NC(=O)Cn1ncc(N[C@@H]2C[C@@H]3C[C@H]([C@H]2C)C3(C)C)c(Cl)c1=O)c1ccnc(F)c1Cl.CCCC(NC(=O)Cn1ncc(N[C@@H]2C[C@@H]3C[C@H]([C@H]2C)C3(C)C)c(Cl)c1=O)c1ccnnc1.C[C@@H]1[C@H]2C[C@@H](C[C@H]1Nc1cnn(CC(=O)NCC3CCNC=C3S(C)(=O)=O)c(=O)c1Cl)C2(C)C.C[C@@H]1[C@H]2C[C@@H](C[C@H]1Nc1cnn(CC(=O)NCc3ccnc(F)c3Cl)c(=O)c1Cl)C2(C)C. The van der Waals surface area contributed by atoms with Crippen molar-refractivity contribution in [2.45, 2.75) is 237 Å². The first-order valence-electron chi connectivity index (χ1n) is 45.4. The monoisotopic (exact) mass is 1960 g/mol. The summed E-state index contributed by atoms with van der Waals surface area (Å²) in [7, 11) is -3.37. The molecule has 7 aromatic rings. The van der Waals surface area contributed by atoms with E-state index in [1.165, 1.54) is 75.0 Å². The van der Waals surface area contributed by atoms with Crippen LogP contribution in [0.15, 0.2) is 98.1 Å². The molecular formula is C92H121Cl6F2N21O10S. The van der Waals surface area contributed by atoms with E-state index in [0.29, 0.717) is 140 Å². The van der Waals surface area contributed by atoms with Gasteiger partial charge in [0, 0.05) is 80.8 Å². The summed E-state index contributed by atoms with van der Waals surface area (Å²) in [4.78, 5) is 108. The summed E-state index contributed by atoms with van der Waals surface area (Å²) < 4.78 is 55.1. The highest BCUT2D eigenvalue weighted by molar-refractivity contribution is 7.94. The molecule has 4 amide bonds. The molecular weight excluding hydrogens is 1840 g/mol. The standard InChI is InChI=1S/C24H33ClN6O2.C23H28Cl2FN5O2.C23H34ClN5O4S.C22H26Cl2FN5O2/c1-5-6-18(15-7-8-26-27-11-15)30-21(32)13-31-23(33)22(25)20(12-28-31)29-19-10-16-9-17(14(19)2)24(16,3)4;1-11-15-7-13(23(15,3)4)8-16(11)30-17-9-28-31(22(33)20(17)25)10-18(32)29-12(2)14-5-6-27-21(26)19(14)24;1-13-16-7-15(23(16,2)3)8-17(13)28-18-10-27-29(22(31)21(18)24)12-20(30)26-9-14-5-6-25-11-19(14)34(4,32)33;1-11-14-6-13(22(14,2)3)7-15(11)29-16-9-28-30(21(32)19(16)24)10-17(31)27-8-12-4-5-26-20(25)18(12)23/h7-8,11-12,14,16-19,29H,5-6,9-10,13H2,1-4H3,(H,30,32);5-6,9,11-13,15-16,30H,7-8,10H2,1-4H3,(H,29,32);10-11,13-17,25,28H,5-9,12H2,1-4H3,(H,26,30);4-5,9,11,13-15,29H,6-8,10H2,1-3H3,(H,27,31)/t14-,16+,17-,18?,19-;11-,12?,13+,15-,16-;13-,14?,15+,16-,17-;11-,13+,14-,15-/m1111/s1. The van der Waals surface area contributed by atoms with Crippen molar-refractivity contribution in [1.29, 1.82) is 0 Å². The van der Waals surface area contributed by atoms with Crippen LogP contribution in [0.4, 0.5) is 31.5 Å². The van der Waals surface area contributed by atoms with Crippen LogP contribution < -0.4 is 70.1 Å². The third-order valence-corrected chi connectivity index (χ3v) is 34.7. The van der Waals surface area contributed by atoms with Crippen LogP contribution in [0.2, 0.25) is 30.1 Å². The van der Waals surface area contributed by atoms with Crippen LogP contribution in [0.3, 0.4) is 0 Å². The van der Waals surface area contributed by atoms with Gasteiger partial charge in [0.05, 0.1) is 70.7 Å². The van der Waals surface area contributed by atoms with E-state index in [9.17, 15) is 55.6 Å². The molecule has 12 aliphatic carbocycles. The number of hydrogen-bond acceptors (Lipinski definition) is 23.